The fourth-order valence-corrected chi connectivity index (χ4v) is 1.54. The van der Waals surface area contributed by atoms with Crippen molar-refractivity contribution >= 4 is 5.97 Å². The van der Waals surface area contributed by atoms with Crippen LogP contribution in [0.5, 0.6) is 0 Å². The number of hydrogen-bond donors (Lipinski definition) is 1. The van der Waals surface area contributed by atoms with Gasteiger partial charge in [-0.25, -0.2) is 4.79 Å². The monoisotopic (exact) mass is 287 g/mol. The summed E-state index contributed by atoms with van der Waals surface area (Å²) in [6, 6.07) is -6.40. The van der Waals surface area contributed by atoms with Crippen molar-refractivity contribution in [3.05, 3.63) is 36.3 Å². The number of carbonyl (C=O) groups is 1. The first-order valence-electron chi connectivity index (χ1n) is 11.7. The average Bonchev–Trinajstić information content (AvgIpc) is 2.69. The minimum atomic E-state index is -2.53. The third-order valence-corrected chi connectivity index (χ3v) is 2.55. The number of unbranched alkanes of at least 4 members (excludes halogenated alkanes) is 6. The highest BCUT2D eigenvalue weighted by Gasteiger charge is 1.90. The topological polar surface area (TPSA) is 37.3 Å². The van der Waals surface area contributed by atoms with E-state index in [9.17, 15) is 4.79 Å². The number of allylic oxidation sites excluding steroid dienone is 5. The maximum atomic E-state index is 10.7. The van der Waals surface area contributed by atoms with Crippen molar-refractivity contribution < 1.29 is 22.2 Å². The molecule has 114 valence electrons. The Morgan fingerprint density at radius 2 is 1.60 bits per heavy atom. The van der Waals surface area contributed by atoms with E-state index < -0.39 is 55.1 Å². The highest BCUT2D eigenvalue weighted by molar-refractivity contribution is 5.80. The molecule has 0 bridgehead atoms. The van der Waals surface area contributed by atoms with Crippen LogP contribution in [0.2, 0.25) is 0 Å². The summed E-state index contributed by atoms with van der Waals surface area (Å²) in [6.45, 7) is 2.12. The van der Waals surface area contributed by atoms with E-state index in [4.69, 9.17) is 17.4 Å². The molecule has 20 heavy (non-hydrogen) atoms. The molecule has 0 aromatic rings. The van der Waals surface area contributed by atoms with Crippen LogP contribution in [0.3, 0.4) is 0 Å². The van der Waals surface area contributed by atoms with Gasteiger partial charge in [-0.3, -0.25) is 0 Å². The summed E-state index contributed by atoms with van der Waals surface area (Å²) >= 11 is 0. The van der Waals surface area contributed by atoms with Crippen LogP contribution in [0.4, 0.5) is 0 Å². The van der Waals surface area contributed by atoms with Gasteiger partial charge in [0.05, 0.1) is 8.22 Å². The molecule has 1 atom stereocenters. The number of aliphatic carboxylic acids is 1. The minimum absolute atomic E-state index is 0.181. The van der Waals surface area contributed by atoms with Gasteiger partial charge in [-0.15, -0.1) is 0 Å². The molecule has 2 nitrogen and oxygen atoms in total. The predicted octanol–water partition coefficient (Wildman–Crippen LogP) is 5.66. The molecule has 0 spiro atoms. The lowest BCUT2D eigenvalue weighted by atomic mass is 10.1. The van der Waals surface area contributed by atoms with E-state index in [1.165, 1.54) is 6.42 Å². The standard InChI is InChI=1S/C18H30O2/c1-2-3-4-5-6-7-8-9-10-11-12-13-14-15-16-17-18(19)20/h12-17H,2-11H2,1H3,(H,19,20)/i10D,11D2,12D,13D,14D,15D,16D,17D. The molecule has 2 heteroatoms. The van der Waals surface area contributed by atoms with Gasteiger partial charge in [-0.1, -0.05) is 88.6 Å². The molecule has 1 N–H and O–H groups in total. The highest BCUT2D eigenvalue weighted by atomic mass is 16.4. The van der Waals surface area contributed by atoms with E-state index in [-0.39, 0.29) is 6.42 Å². The van der Waals surface area contributed by atoms with E-state index in [0.717, 1.165) is 32.1 Å². The Morgan fingerprint density at radius 3 is 2.25 bits per heavy atom. The van der Waals surface area contributed by atoms with Crippen molar-refractivity contribution in [1.29, 1.82) is 0 Å². The molecule has 0 aliphatic rings. The quantitative estimate of drug-likeness (QED) is 0.269. The maximum absolute atomic E-state index is 10.7. The van der Waals surface area contributed by atoms with Crippen molar-refractivity contribution in [2.45, 2.75) is 71.1 Å². The van der Waals surface area contributed by atoms with Gasteiger partial charge < -0.3 is 5.11 Å². The van der Waals surface area contributed by atoms with E-state index in [0.29, 0.717) is 6.42 Å². The maximum Gasteiger partial charge on any atom is 0.328 e. The first-order valence-corrected chi connectivity index (χ1v) is 7.08. The molecule has 0 saturated heterocycles. The van der Waals surface area contributed by atoms with Gasteiger partial charge in [-0.2, -0.15) is 0 Å². The molecule has 0 amide bonds. The summed E-state index contributed by atoms with van der Waals surface area (Å²) in [5, 5.41) is 8.68. The lowest BCUT2D eigenvalue weighted by molar-refractivity contribution is -0.131. The molecule has 0 aliphatic heterocycles. The second kappa shape index (κ2) is 15.7. The Kier molecular flexibility index (Phi) is 6.46. The summed E-state index contributed by atoms with van der Waals surface area (Å²) < 4.78 is 69.6. The third kappa shape index (κ3) is 16.7. The molecule has 0 aromatic heterocycles. The lowest BCUT2D eigenvalue weighted by Crippen LogP contribution is -1.84. The molecule has 0 aromatic carbocycles. The van der Waals surface area contributed by atoms with Crippen molar-refractivity contribution in [3.8, 4) is 0 Å². The van der Waals surface area contributed by atoms with Crippen LogP contribution in [-0.2, 0) is 4.79 Å². The summed E-state index contributed by atoms with van der Waals surface area (Å²) in [6.07, 6.45) is 3.30. The van der Waals surface area contributed by atoms with E-state index in [1.807, 2.05) is 0 Å². The Labute approximate surface area is 136 Å². The van der Waals surface area contributed by atoms with E-state index in [2.05, 4.69) is 6.92 Å². The first-order chi connectivity index (χ1) is 13.4. The molecule has 0 rings (SSSR count). The number of carboxylic acid groups (broad SMARTS) is 1. The zero-order valence-corrected chi connectivity index (χ0v) is 12.1. The second-order valence-electron chi connectivity index (χ2n) is 4.31. The van der Waals surface area contributed by atoms with Gasteiger partial charge in [0.25, 0.3) is 0 Å². The first kappa shape index (κ1) is 8.21. The summed E-state index contributed by atoms with van der Waals surface area (Å²) in [7, 11) is 0. The van der Waals surface area contributed by atoms with Gasteiger partial charge in [0.1, 0.15) is 0 Å². The average molecular weight is 287 g/mol. The van der Waals surface area contributed by atoms with E-state index >= 15 is 0 Å². The Balaban J connectivity index is 5.24. The molecule has 0 heterocycles. The minimum Gasteiger partial charge on any atom is -0.478 e. The van der Waals surface area contributed by atoms with Gasteiger partial charge in [0, 0.05) is 10.2 Å². The number of hydrogen-bond acceptors (Lipinski definition) is 1. The van der Waals surface area contributed by atoms with Crippen LogP contribution in [-0.4, -0.2) is 11.1 Å². The van der Waals surface area contributed by atoms with Crippen molar-refractivity contribution in [3.63, 3.8) is 0 Å². The number of carboxylic acids is 1. The molecule has 0 aliphatic carbocycles. The predicted molar refractivity (Wildman–Crippen MR) is 86.9 cm³/mol. The second-order valence-corrected chi connectivity index (χ2v) is 4.31. The SMILES string of the molecule is [2H]C(C(=O)O)=C([2H])C([2H])=C([2H])C([2H])=C([2H])C([2H])([2H])C([2H])CCCCCCCCC. The fourth-order valence-electron chi connectivity index (χ4n) is 1.54. The summed E-state index contributed by atoms with van der Waals surface area (Å²) in [5.41, 5.74) is 0. The van der Waals surface area contributed by atoms with Crippen LogP contribution >= 0.6 is 0 Å². The van der Waals surface area contributed by atoms with Crippen LogP contribution in [0.1, 0.15) is 83.4 Å². The molecule has 0 radical (unpaired) electrons. The van der Waals surface area contributed by atoms with E-state index in [1.54, 1.807) is 0 Å². The van der Waals surface area contributed by atoms with Gasteiger partial charge in [-0.05, 0) is 12.8 Å². The zero-order chi connectivity index (χ0) is 22.8. The summed E-state index contributed by atoms with van der Waals surface area (Å²) in [5.74, 6) is -1.77. The number of rotatable bonds is 13. The largest absolute Gasteiger partial charge is 0.478 e. The lowest BCUT2D eigenvalue weighted by Gasteiger charge is -2.00. The molecule has 0 saturated carbocycles. The Hall–Kier alpha value is -1.31. The normalized spacial score (nSPS) is 23.8. The third-order valence-electron chi connectivity index (χ3n) is 2.55. The van der Waals surface area contributed by atoms with Crippen molar-refractivity contribution in [2.75, 3.05) is 0 Å². The fraction of sp³-hybridized carbons (Fsp3) is 0.611. The zero-order valence-electron chi connectivity index (χ0n) is 21.1. The van der Waals surface area contributed by atoms with Gasteiger partial charge in [0.2, 0.25) is 0 Å². The molecular weight excluding hydrogens is 248 g/mol. The van der Waals surface area contributed by atoms with Crippen LogP contribution in [0.25, 0.3) is 0 Å². The smallest absolute Gasteiger partial charge is 0.328 e. The van der Waals surface area contributed by atoms with Crippen LogP contribution in [0.15, 0.2) is 36.3 Å². The summed E-state index contributed by atoms with van der Waals surface area (Å²) in [4.78, 5) is 10.7. The van der Waals surface area contributed by atoms with Crippen LogP contribution in [0, 0.1) is 0 Å². The molecular formula is C18H30O2. The highest BCUT2D eigenvalue weighted by Crippen LogP contribution is 2.10. The van der Waals surface area contributed by atoms with Crippen LogP contribution < -0.4 is 0 Å². The molecule has 1 unspecified atom stereocenters. The molecule has 0 fully saturated rings. The van der Waals surface area contributed by atoms with Crippen molar-refractivity contribution in [2.24, 2.45) is 0 Å². The Morgan fingerprint density at radius 1 is 1.00 bits per heavy atom. The Bertz CT molecular complexity index is 654. The van der Waals surface area contributed by atoms with Crippen molar-refractivity contribution in [1.82, 2.24) is 0 Å². The van der Waals surface area contributed by atoms with Gasteiger partial charge in [0.15, 0.2) is 0 Å². The van der Waals surface area contributed by atoms with Gasteiger partial charge >= 0.3 is 5.97 Å².